The first-order valence-corrected chi connectivity index (χ1v) is 5.35. The van der Waals surface area contributed by atoms with Gasteiger partial charge in [-0.2, -0.15) is 0 Å². The second-order valence-electron chi connectivity index (χ2n) is 3.81. The lowest BCUT2D eigenvalue weighted by Crippen LogP contribution is -2.11. The Morgan fingerprint density at radius 2 is 2.31 bits per heavy atom. The van der Waals surface area contributed by atoms with Crippen LogP contribution in [0.3, 0.4) is 0 Å². The van der Waals surface area contributed by atoms with E-state index < -0.39 is 11.9 Å². The first-order chi connectivity index (χ1) is 7.58. The fraction of sp³-hybridized carbons (Fsp3) is 0.250. The minimum Gasteiger partial charge on any atom is -0.481 e. The molecule has 0 bridgehead atoms. The summed E-state index contributed by atoms with van der Waals surface area (Å²) in [4.78, 5) is 10.7. The van der Waals surface area contributed by atoms with E-state index in [1.807, 2.05) is 6.07 Å². The average molecular weight is 239 g/mol. The van der Waals surface area contributed by atoms with E-state index in [1.54, 1.807) is 25.1 Å². The highest BCUT2D eigenvalue weighted by Crippen LogP contribution is 2.27. The number of fused-ring (bicyclic) bond motifs is 1. The molecule has 1 unspecified atom stereocenters. The summed E-state index contributed by atoms with van der Waals surface area (Å²) < 4.78 is 5.52. The molecule has 0 fully saturated rings. The molecule has 0 radical (unpaired) electrons. The molecule has 0 saturated heterocycles. The van der Waals surface area contributed by atoms with Gasteiger partial charge in [-0.3, -0.25) is 4.79 Å². The number of hydrogen-bond donors (Lipinski definition) is 1. The van der Waals surface area contributed by atoms with Crippen LogP contribution >= 0.6 is 11.6 Å². The van der Waals surface area contributed by atoms with Crippen molar-refractivity contribution in [2.45, 2.75) is 13.3 Å². The van der Waals surface area contributed by atoms with Crippen molar-refractivity contribution >= 4 is 28.5 Å². The van der Waals surface area contributed by atoms with Crippen LogP contribution in [0.4, 0.5) is 0 Å². The van der Waals surface area contributed by atoms with Gasteiger partial charge >= 0.3 is 5.97 Å². The van der Waals surface area contributed by atoms with Gasteiger partial charge in [-0.25, -0.2) is 0 Å². The van der Waals surface area contributed by atoms with Crippen LogP contribution in [0, 0.1) is 5.92 Å². The molecule has 84 valence electrons. The summed E-state index contributed by atoms with van der Waals surface area (Å²) in [6, 6.07) is 7.20. The molecule has 2 rings (SSSR count). The lowest BCUT2D eigenvalue weighted by Gasteiger charge is -2.01. The van der Waals surface area contributed by atoms with Crippen LogP contribution in [0.5, 0.6) is 0 Å². The van der Waals surface area contributed by atoms with Gasteiger partial charge in [0, 0.05) is 11.8 Å². The van der Waals surface area contributed by atoms with Crippen LogP contribution in [-0.2, 0) is 11.2 Å². The fourth-order valence-electron chi connectivity index (χ4n) is 1.57. The molecule has 0 spiro atoms. The quantitative estimate of drug-likeness (QED) is 0.892. The Hall–Kier alpha value is -1.48. The Labute approximate surface area is 97.6 Å². The minimum absolute atomic E-state index is 0.375. The number of furan rings is 1. The minimum atomic E-state index is -0.827. The molecule has 4 heteroatoms. The second kappa shape index (κ2) is 4.18. The molecule has 1 aromatic heterocycles. The predicted octanol–water partition coefficient (Wildman–Crippen LogP) is 3.35. The molecule has 1 atom stereocenters. The van der Waals surface area contributed by atoms with E-state index in [2.05, 4.69) is 0 Å². The number of aliphatic carboxylic acids is 1. The van der Waals surface area contributed by atoms with Crippen molar-refractivity contribution in [3.05, 3.63) is 35.0 Å². The van der Waals surface area contributed by atoms with Crippen LogP contribution < -0.4 is 0 Å². The number of carboxylic acid groups (broad SMARTS) is 1. The van der Waals surface area contributed by atoms with Gasteiger partial charge in [0.2, 0.25) is 0 Å². The van der Waals surface area contributed by atoms with Crippen molar-refractivity contribution in [3.8, 4) is 0 Å². The number of benzene rings is 1. The summed E-state index contributed by atoms with van der Waals surface area (Å²) in [6.45, 7) is 1.65. The van der Waals surface area contributed by atoms with E-state index in [4.69, 9.17) is 21.1 Å². The van der Waals surface area contributed by atoms with Crippen molar-refractivity contribution in [3.63, 3.8) is 0 Å². The highest BCUT2D eigenvalue weighted by atomic mass is 35.5. The van der Waals surface area contributed by atoms with E-state index in [0.717, 1.165) is 5.39 Å². The number of carboxylic acids is 1. The molecule has 2 aromatic rings. The van der Waals surface area contributed by atoms with E-state index in [-0.39, 0.29) is 0 Å². The van der Waals surface area contributed by atoms with Crippen molar-refractivity contribution in [2.75, 3.05) is 0 Å². The summed E-state index contributed by atoms with van der Waals surface area (Å²) in [5.41, 5.74) is 0.695. The number of hydrogen-bond acceptors (Lipinski definition) is 2. The second-order valence-corrected chi connectivity index (χ2v) is 4.21. The third-order valence-corrected chi connectivity index (χ3v) is 2.82. The zero-order chi connectivity index (χ0) is 11.7. The van der Waals surface area contributed by atoms with Gasteiger partial charge in [0.25, 0.3) is 0 Å². The smallest absolute Gasteiger partial charge is 0.306 e. The summed E-state index contributed by atoms with van der Waals surface area (Å²) in [5.74, 6) is -0.635. The molecule has 16 heavy (non-hydrogen) atoms. The van der Waals surface area contributed by atoms with Gasteiger partial charge < -0.3 is 9.52 Å². The first-order valence-electron chi connectivity index (χ1n) is 4.97. The summed E-state index contributed by atoms with van der Waals surface area (Å²) in [7, 11) is 0. The first kappa shape index (κ1) is 11.0. The van der Waals surface area contributed by atoms with Gasteiger partial charge in [-0.05, 0) is 18.2 Å². The van der Waals surface area contributed by atoms with E-state index in [9.17, 15) is 4.79 Å². The Morgan fingerprint density at radius 3 is 2.94 bits per heavy atom. The fourth-order valence-corrected chi connectivity index (χ4v) is 1.79. The van der Waals surface area contributed by atoms with Crippen molar-refractivity contribution < 1.29 is 14.3 Å². The van der Waals surface area contributed by atoms with Crippen LogP contribution in [-0.4, -0.2) is 11.1 Å². The summed E-state index contributed by atoms with van der Waals surface area (Å²) in [5, 5.41) is 10.3. The number of rotatable bonds is 3. The predicted molar refractivity (Wildman–Crippen MR) is 61.7 cm³/mol. The molecular formula is C12H11ClO3. The van der Waals surface area contributed by atoms with E-state index in [0.29, 0.717) is 22.8 Å². The topological polar surface area (TPSA) is 50.4 Å². The van der Waals surface area contributed by atoms with Crippen LogP contribution in [0.25, 0.3) is 11.0 Å². The van der Waals surface area contributed by atoms with Crippen molar-refractivity contribution in [2.24, 2.45) is 5.92 Å². The molecule has 0 saturated carbocycles. The van der Waals surface area contributed by atoms with Gasteiger partial charge in [0.1, 0.15) is 11.3 Å². The Morgan fingerprint density at radius 1 is 1.56 bits per heavy atom. The molecule has 0 aliphatic heterocycles. The van der Waals surface area contributed by atoms with Crippen LogP contribution in [0.1, 0.15) is 12.7 Å². The van der Waals surface area contributed by atoms with E-state index in [1.165, 1.54) is 0 Å². The lowest BCUT2D eigenvalue weighted by atomic mass is 10.1. The normalized spacial score (nSPS) is 12.9. The summed E-state index contributed by atoms with van der Waals surface area (Å²) in [6.07, 6.45) is 0.375. The van der Waals surface area contributed by atoms with E-state index >= 15 is 0 Å². The zero-order valence-corrected chi connectivity index (χ0v) is 9.49. The Balaban J connectivity index is 2.33. The molecular weight excluding hydrogens is 228 g/mol. The lowest BCUT2D eigenvalue weighted by molar-refractivity contribution is -0.141. The highest BCUT2D eigenvalue weighted by molar-refractivity contribution is 6.35. The standard InChI is InChI=1S/C12H11ClO3/c1-7(12(14)15)5-8-6-9-10(13)3-2-4-11(9)16-8/h2-4,6-7H,5H2,1H3,(H,14,15). The van der Waals surface area contributed by atoms with Crippen LogP contribution in [0.2, 0.25) is 5.02 Å². The molecule has 1 heterocycles. The van der Waals surface area contributed by atoms with Crippen LogP contribution in [0.15, 0.2) is 28.7 Å². The Bertz CT molecular complexity index is 530. The SMILES string of the molecule is CC(Cc1cc2c(Cl)cccc2o1)C(=O)O. The zero-order valence-electron chi connectivity index (χ0n) is 8.74. The third-order valence-electron chi connectivity index (χ3n) is 2.49. The maximum atomic E-state index is 10.7. The maximum absolute atomic E-state index is 10.7. The highest BCUT2D eigenvalue weighted by Gasteiger charge is 2.15. The van der Waals surface area contributed by atoms with Crippen molar-refractivity contribution in [1.29, 1.82) is 0 Å². The number of carbonyl (C=O) groups is 1. The van der Waals surface area contributed by atoms with Gasteiger partial charge in [0.15, 0.2) is 0 Å². The molecule has 1 aromatic carbocycles. The molecule has 0 aliphatic rings. The van der Waals surface area contributed by atoms with Gasteiger partial charge in [-0.15, -0.1) is 0 Å². The Kier molecular flexibility index (Phi) is 2.88. The number of halogens is 1. The van der Waals surface area contributed by atoms with Gasteiger partial charge in [0.05, 0.1) is 10.9 Å². The summed E-state index contributed by atoms with van der Waals surface area (Å²) >= 11 is 5.99. The molecule has 1 N–H and O–H groups in total. The molecule has 3 nitrogen and oxygen atoms in total. The van der Waals surface area contributed by atoms with Crippen molar-refractivity contribution in [1.82, 2.24) is 0 Å². The molecule has 0 aliphatic carbocycles. The average Bonchev–Trinajstić information content (AvgIpc) is 2.61. The molecule has 0 amide bonds. The third kappa shape index (κ3) is 2.04. The maximum Gasteiger partial charge on any atom is 0.306 e. The monoisotopic (exact) mass is 238 g/mol. The van der Waals surface area contributed by atoms with Gasteiger partial charge in [-0.1, -0.05) is 24.6 Å². The largest absolute Gasteiger partial charge is 0.481 e.